The van der Waals surface area contributed by atoms with E-state index in [0.717, 1.165) is 0 Å². The van der Waals surface area contributed by atoms with Gasteiger partial charge >= 0.3 is 0 Å². The van der Waals surface area contributed by atoms with E-state index in [9.17, 15) is 13.5 Å². The van der Waals surface area contributed by atoms with E-state index in [4.69, 9.17) is 4.74 Å². The van der Waals surface area contributed by atoms with Crippen LogP contribution in [0.5, 0.6) is 0 Å². The topological polar surface area (TPSA) is 78.9 Å². The second-order valence-corrected chi connectivity index (χ2v) is 7.22. The number of ether oxygens (including phenoxy) is 1. The van der Waals surface area contributed by atoms with Gasteiger partial charge in [-0.15, -0.1) is 0 Å². The van der Waals surface area contributed by atoms with E-state index >= 15 is 0 Å². The Morgan fingerprint density at radius 1 is 1.39 bits per heavy atom. The molecule has 7 heteroatoms. The number of hydrogen-bond donors (Lipinski definition) is 2. The maximum Gasteiger partial charge on any atom is 0.213 e. The van der Waals surface area contributed by atoms with Gasteiger partial charge in [0.2, 0.25) is 10.0 Å². The number of sulfonamides is 1. The van der Waals surface area contributed by atoms with Crippen LogP contribution in [0.25, 0.3) is 0 Å². The Hall–Kier alpha value is -0.210. The number of nitrogens with zero attached hydrogens (tertiary/aromatic N) is 1. The normalized spacial score (nSPS) is 16.2. The second-order valence-electron chi connectivity index (χ2n) is 5.29. The second kappa shape index (κ2) is 7.40. The van der Waals surface area contributed by atoms with Crippen molar-refractivity contribution in [2.45, 2.75) is 32.5 Å². The number of nitrogens with one attached hydrogen (secondary N) is 1. The standard InChI is InChI=1S/C11H26N2O4S/c1-10(2)17-6-7-18(15,16)12-8-11(3,14)9-13(4)5/h10,12,14H,6-9H2,1-5H3. The molecule has 0 fully saturated rings. The molecule has 0 radical (unpaired) electrons. The Bertz CT molecular complexity index is 326. The highest BCUT2D eigenvalue weighted by molar-refractivity contribution is 7.89. The van der Waals surface area contributed by atoms with Crippen molar-refractivity contribution in [3.8, 4) is 0 Å². The fraction of sp³-hybridized carbons (Fsp3) is 1.00. The molecular weight excluding hydrogens is 256 g/mol. The van der Waals surface area contributed by atoms with Crippen LogP contribution in [0.2, 0.25) is 0 Å². The molecule has 0 aliphatic heterocycles. The molecule has 0 spiro atoms. The third kappa shape index (κ3) is 9.78. The van der Waals surface area contributed by atoms with Gasteiger partial charge in [-0.25, -0.2) is 13.1 Å². The largest absolute Gasteiger partial charge is 0.387 e. The Kier molecular flexibility index (Phi) is 7.31. The SMILES string of the molecule is CC(C)OCCS(=O)(=O)NCC(C)(O)CN(C)C. The van der Waals surface area contributed by atoms with Gasteiger partial charge in [-0.2, -0.15) is 0 Å². The van der Waals surface area contributed by atoms with Gasteiger partial charge in [0.25, 0.3) is 0 Å². The third-order valence-electron chi connectivity index (χ3n) is 2.13. The molecule has 0 rings (SSSR count). The van der Waals surface area contributed by atoms with Crippen LogP contribution in [0, 0.1) is 0 Å². The van der Waals surface area contributed by atoms with Crippen molar-refractivity contribution in [2.75, 3.05) is 39.5 Å². The summed E-state index contributed by atoms with van der Waals surface area (Å²) >= 11 is 0. The fourth-order valence-electron chi connectivity index (χ4n) is 1.47. The van der Waals surface area contributed by atoms with Crippen LogP contribution in [0.3, 0.4) is 0 Å². The molecule has 0 saturated carbocycles. The van der Waals surface area contributed by atoms with E-state index in [2.05, 4.69) is 4.72 Å². The summed E-state index contributed by atoms with van der Waals surface area (Å²) < 4.78 is 30.8. The lowest BCUT2D eigenvalue weighted by Gasteiger charge is -2.27. The summed E-state index contributed by atoms with van der Waals surface area (Å²) in [6.07, 6.45) is 0.0112. The fourth-order valence-corrected chi connectivity index (χ4v) is 2.46. The van der Waals surface area contributed by atoms with Crippen molar-refractivity contribution in [1.82, 2.24) is 9.62 Å². The molecule has 0 aliphatic rings. The number of hydrogen-bond acceptors (Lipinski definition) is 5. The van der Waals surface area contributed by atoms with E-state index in [0.29, 0.717) is 6.54 Å². The summed E-state index contributed by atoms with van der Waals surface area (Å²) in [6.45, 7) is 5.83. The zero-order valence-corrected chi connectivity index (χ0v) is 12.7. The smallest absolute Gasteiger partial charge is 0.213 e. The molecule has 0 bridgehead atoms. The molecule has 110 valence electrons. The van der Waals surface area contributed by atoms with Crippen molar-refractivity contribution in [2.24, 2.45) is 0 Å². The molecule has 0 aromatic rings. The third-order valence-corrected chi connectivity index (χ3v) is 3.42. The maximum absolute atomic E-state index is 11.6. The highest BCUT2D eigenvalue weighted by Gasteiger charge is 2.23. The number of rotatable bonds is 9. The van der Waals surface area contributed by atoms with Crippen LogP contribution in [-0.4, -0.2) is 69.7 Å². The minimum Gasteiger partial charge on any atom is -0.387 e. The van der Waals surface area contributed by atoms with Gasteiger partial charge in [0.15, 0.2) is 0 Å². The highest BCUT2D eigenvalue weighted by Crippen LogP contribution is 2.03. The summed E-state index contributed by atoms with van der Waals surface area (Å²) in [4.78, 5) is 1.80. The maximum atomic E-state index is 11.6. The first-order valence-electron chi connectivity index (χ1n) is 6.00. The highest BCUT2D eigenvalue weighted by atomic mass is 32.2. The van der Waals surface area contributed by atoms with E-state index < -0.39 is 15.6 Å². The minimum absolute atomic E-state index is 0.00477. The lowest BCUT2D eigenvalue weighted by atomic mass is 10.1. The molecule has 0 heterocycles. The Labute approximate surface area is 110 Å². The lowest BCUT2D eigenvalue weighted by Crippen LogP contribution is -2.47. The van der Waals surface area contributed by atoms with E-state index in [1.807, 2.05) is 27.9 Å². The Morgan fingerprint density at radius 3 is 2.39 bits per heavy atom. The molecule has 18 heavy (non-hydrogen) atoms. The monoisotopic (exact) mass is 282 g/mol. The van der Waals surface area contributed by atoms with Gasteiger partial charge < -0.3 is 14.7 Å². The zero-order chi connectivity index (χ0) is 14.4. The van der Waals surface area contributed by atoms with Crippen molar-refractivity contribution in [3.05, 3.63) is 0 Å². The first kappa shape index (κ1) is 17.8. The summed E-state index contributed by atoms with van der Waals surface area (Å²) in [5, 5.41) is 9.96. The zero-order valence-electron chi connectivity index (χ0n) is 11.9. The van der Waals surface area contributed by atoms with Gasteiger partial charge in [0.1, 0.15) is 0 Å². The van der Waals surface area contributed by atoms with Crippen LogP contribution in [0.15, 0.2) is 0 Å². The van der Waals surface area contributed by atoms with Gasteiger partial charge in [0, 0.05) is 13.1 Å². The first-order chi connectivity index (χ1) is 8.04. The molecule has 0 aromatic carbocycles. The lowest BCUT2D eigenvalue weighted by molar-refractivity contribution is 0.0384. The average molecular weight is 282 g/mol. The molecular formula is C11H26N2O4S. The molecule has 2 N–H and O–H groups in total. The van der Waals surface area contributed by atoms with Crippen LogP contribution >= 0.6 is 0 Å². The van der Waals surface area contributed by atoms with Crippen LogP contribution in [0.1, 0.15) is 20.8 Å². The van der Waals surface area contributed by atoms with Gasteiger partial charge in [-0.05, 0) is 34.9 Å². The molecule has 0 amide bonds. The molecule has 0 aliphatic carbocycles. The Morgan fingerprint density at radius 2 is 1.94 bits per heavy atom. The molecule has 1 atom stereocenters. The summed E-state index contributed by atoms with van der Waals surface area (Å²) in [6, 6.07) is 0. The predicted octanol–water partition coefficient (Wildman–Crippen LogP) is -0.357. The molecule has 0 aromatic heterocycles. The van der Waals surface area contributed by atoms with E-state index in [1.54, 1.807) is 11.8 Å². The summed E-state index contributed by atoms with van der Waals surface area (Å²) in [5.41, 5.74) is -1.09. The van der Waals surface area contributed by atoms with Crippen LogP contribution in [-0.2, 0) is 14.8 Å². The van der Waals surface area contributed by atoms with Gasteiger partial charge in [-0.1, -0.05) is 0 Å². The van der Waals surface area contributed by atoms with Gasteiger partial charge in [-0.3, -0.25) is 0 Å². The van der Waals surface area contributed by atoms with E-state index in [1.165, 1.54) is 0 Å². The van der Waals surface area contributed by atoms with Gasteiger partial charge in [0.05, 0.1) is 24.1 Å². The number of aliphatic hydroxyl groups is 1. The molecule has 1 unspecified atom stereocenters. The minimum atomic E-state index is -3.40. The van der Waals surface area contributed by atoms with E-state index in [-0.39, 0.29) is 25.0 Å². The van der Waals surface area contributed by atoms with Crippen molar-refractivity contribution < 1.29 is 18.3 Å². The van der Waals surface area contributed by atoms with Crippen LogP contribution < -0.4 is 4.72 Å². The van der Waals surface area contributed by atoms with Crippen molar-refractivity contribution in [1.29, 1.82) is 0 Å². The molecule has 0 saturated heterocycles. The first-order valence-corrected chi connectivity index (χ1v) is 7.65. The predicted molar refractivity (Wildman–Crippen MR) is 72.1 cm³/mol. The average Bonchev–Trinajstić information content (AvgIpc) is 2.12. The summed E-state index contributed by atoms with van der Waals surface area (Å²) in [7, 11) is 0.238. The molecule has 6 nitrogen and oxygen atoms in total. The number of likely N-dealkylation sites (N-methyl/N-ethyl adjacent to an activating group) is 1. The van der Waals surface area contributed by atoms with Crippen LogP contribution in [0.4, 0.5) is 0 Å². The van der Waals surface area contributed by atoms with Crippen molar-refractivity contribution >= 4 is 10.0 Å². The van der Waals surface area contributed by atoms with Crippen molar-refractivity contribution in [3.63, 3.8) is 0 Å². The Balaban J connectivity index is 4.10. The summed E-state index contributed by atoms with van der Waals surface area (Å²) in [5.74, 6) is -0.0940. The quantitative estimate of drug-likeness (QED) is 0.604.